The van der Waals surface area contributed by atoms with Crippen LogP contribution in [0.5, 0.6) is 0 Å². The average Bonchev–Trinajstić information content (AvgIpc) is 3.15. The van der Waals surface area contributed by atoms with E-state index in [1.54, 1.807) is 6.07 Å². The second-order valence-corrected chi connectivity index (χ2v) is 7.16. The third-order valence-corrected chi connectivity index (χ3v) is 5.35. The summed E-state index contributed by atoms with van der Waals surface area (Å²) in [6, 6.07) is 11.0. The van der Waals surface area contributed by atoms with Crippen molar-refractivity contribution < 1.29 is 12.9 Å². The molecule has 1 N–H and O–H groups in total. The molecule has 0 saturated carbocycles. The van der Waals surface area contributed by atoms with E-state index in [-0.39, 0.29) is 12.6 Å². The molecule has 0 radical (unpaired) electrons. The summed E-state index contributed by atoms with van der Waals surface area (Å²) in [5, 5.41) is 3.85. The molecule has 0 amide bonds. The van der Waals surface area contributed by atoms with Gasteiger partial charge >= 0.3 is 0 Å². The zero-order valence-corrected chi connectivity index (χ0v) is 13.2. The molecule has 1 unspecified atom stereocenters. The highest BCUT2D eigenvalue weighted by molar-refractivity contribution is 7.87. The van der Waals surface area contributed by atoms with Crippen molar-refractivity contribution in [3.05, 3.63) is 53.4 Å². The van der Waals surface area contributed by atoms with Gasteiger partial charge in [-0.25, -0.2) is 0 Å². The molecule has 1 saturated heterocycles. The highest BCUT2D eigenvalue weighted by Crippen LogP contribution is 2.34. The molecule has 1 aliphatic rings. The third-order valence-electron chi connectivity index (χ3n) is 3.79. The van der Waals surface area contributed by atoms with Gasteiger partial charge < -0.3 is 4.52 Å². The first-order valence-electron chi connectivity index (χ1n) is 7.30. The van der Waals surface area contributed by atoms with Gasteiger partial charge in [-0.2, -0.15) is 17.4 Å². The van der Waals surface area contributed by atoms with E-state index in [1.807, 2.05) is 37.3 Å². The fourth-order valence-electron chi connectivity index (χ4n) is 2.71. The van der Waals surface area contributed by atoms with Gasteiger partial charge in [-0.15, -0.1) is 0 Å². The predicted octanol–water partition coefficient (Wildman–Crippen LogP) is 2.15. The highest BCUT2D eigenvalue weighted by Gasteiger charge is 2.37. The van der Waals surface area contributed by atoms with Crippen molar-refractivity contribution in [2.75, 3.05) is 6.54 Å². The maximum absolute atomic E-state index is 12.5. The number of rotatable bonds is 5. The predicted molar refractivity (Wildman–Crippen MR) is 82.1 cm³/mol. The van der Waals surface area contributed by atoms with Crippen molar-refractivity contribution >= 4 is 10.2 Å². The molecule has 6 nitrogen and oxygen atoms in total. The molecular formula is C15H19N3O3S. The van der Waals surface area contributed by atoms with E-state index in [0.29, 0.717) is 12.3 Å². The smallest absolute Gasteiger partial charge is 0.280 e. The average molecular weight is 321 g/mol. The molecule has 2 aromatic rings. The Morgan fingerprint density at radius 3 is 2.82 bits per heavy atom. The molecule has 2 heterocycles. The van der Waals surface area contributed by atoms with Crippen LogP contribution in [0.25, 0.3) is 0 Å². The fraction of sp³-hybridized carbons (Fsp3) is 0.400. The van der Waals surface area contributed by atoms with Gasteiger partial charge in [0.05, 0.1) is 11.7 Å². The second kappa shape index (κ2) is 6.20. The molecule has 118 valence electrons. The first-order valence-corrected chi connectivity index (χ1v) is 8.74. The third kappa shape index (κ3) is 3.21. The minimum atomic E-state index is -3.55. The van der Waals surface area contributed by atoms with Crippen LogP contribution in [0.3, 0.4) is 0 Å². The second-order valence-electron chi connectivity index (χ2n) is 5.45. The summed E-state index contributed by atoms with van der Waals surface area (Å²) in [4.78, 5) is 0. The number of aryl methyl sites for hydroxylation is 1. The lowest BCUT2D eigenvalue weighted by Crippen LogP contribution is -2.39. The summed E-state index contributed by atoms with van der Waals surface area (Å²) in [5.74, 6) is 0.611. The monoisotopic (exact) mass is 321 g/mol. The van der Waals surface area contributed by atoms with Crippen molar-refractivity contribution in [2.45, 2.75) is 32.4 Å². The number of benzene rings is 1. The molecule has 0 bridgehead atoms. The van der Waals surface area contributed by atoms with Gasteiger partial charge in [0.15, 0.2) is 5.76 Å². The van der Waals surface area contributed by atoms with E-state index < -0.39 is 10.2 Å². The summed E-state index contributed by atoms with van der Waals surface area (Å²) < 4.78 is 34.5. The normalized spacial score (nSPS) is 19.6. The molecule has 22 heavy (non-hydrogen) atoms. The molecule has 1 aliphatic heterocycles. The summed E-state index contributed by atoms with van der Waals surface area (Å²) in [6.45, 7) is 2.60. The van der Waals surface area contributed by atoms with Crippen molar-refractivity contribution in [1.29, 1.82) is 0 Å². The number of nitrogens with one attached hydrogen (secondary N) is 1. The van der Waals surface area contributed by atoms with Gasteiger partial charge in [0.25, 0.3) is 10.2 Å². The van der Waals surface area contributed by atoms with Gasteiger partial charge in [0, 0.05) is 19.2 Å². The van der Waals surface area contributed by atoms with Crippen molar-refractivity contribution in [3.63, 3.8) is 0 Å². The summed E-state index contributed by atoms with van der Waals surface area (Å²) in [5.41, 5.74) is 1.69. The maximum atomic E-state index is 12.5. The van der Waals surface area contributed by atoms with E-state index >= 15 is 0 Å². The number of aromatic nitrogens is 1. The van der Waals surface area contributed by atoms with E-state index in [0.717, 1.165) is 24.1 Å². The molecule has 1 aromatic heterocycles. The highest BCUT2D eigenvalue weighted by atomic mass is 32.2. The number of hydrogen-bond donors (Lipinski definition) is 1. The summed E-state index contributed by atoms with van der Waals surface area (Å²) in [6.07, 6.45) is 1.57. The molecule has 7 heteroatoms. The fourth-order valence-corrected chi connectivity index (χ4v) is 4.13. The Morgan fingerprint density at radius 2 is 2.14 bits per heavy atom. The van der Waals surface area contributed by atoms with Crippen LogP contribution in [-0.2, 0) is 16.8 Å². The van der Waals surface area contributed by atoms with Gasteiger partial charge in [-0.3, -0.25) is 0 Å². The first-order chi connectivity index (χ1) is 10.6. The van der Waals surface area contributed by atoms with Crippen LogP contribution < -0.4 is 4.72 Å². The van der Waals surface area contributed by atoms with E-state index in [1.165, 1.54) is 4.31 Å². The Hall–Kier alpha value is -1.70. The van der Waals surface area contributed by atoms with Gasteiger partial charge in [-0.05, 0) is 25.3 Å². The minimum Gasteiger partial charge on any atom is -0.359 e. The Bertz CT molecular complexity index is 728. The van der Waals surface area contributed by atoms with Gasteiger partial charge in [0.1, 0.15) is 0 Å². The maximum Gasteiger partial charge on any atom is 0.280 e. The SMILES string of the molecule is Cc1cc(C2CCCN2S(=O)(=O)NCc2ccccc2)on1. The molecule has 1 fully saturated rings. The largest absolute Gasteiger partial charge is 0.359 e. The lowest BCUT2D eigenvalue weighted by molar-refractivity contribution is 0.295. The van der Waals surface area contributed by atoms with E-state index in [2.05, 4.69) is 9.88 Å². The van der Waals surface area contributed by atoms with Crippen LogP contribution in [0.15, 0.2) is 40.9 Å². The van der Waals surface area contributed by atoms with Gasteiger partial charge in [-0.1, -0.05) is 35.5 Å². The van der Waals surface area contributed by atoms with E-state index in [9.17, 15) is 8.42 Å². The van der Waals surface area contributed by atoms with Crippen molar-refractivity contribution in [3.8, 4) is 0 Å². The van der Waals surface area contributed by atoms with Crippen LogP contribution in [0, 0.1) is 6.92 Å². The summed E-state index contributed by atoms with van der Waals surface area (Å²) in [7, 11) is -3.55. The number of hydrogen-bond acceptors (Lipinski definition) is 4. The molecule has 0 aliphatic carbocycles. The quantitative estimate of drug-likeness (QED) is 0.915. The van der Waals surface area contributed by atoms with Crippen LogP contribution in [0.2, 0.25) is 0 Å². The molecule has 1 atom stereocenters. The molecule has 0 spiro atoms. The zero-order valence-electron chi connectivity index (χ0n) is 12.4. The summed E-state index contributed by atoms with van der Waals surface area (Å²) >= 11 is 0. The minimum absolute atomic E-state index is 0.269. The lowest BCUT2D eigenvalue weighted by atomic mass is 10.2. The van der Waals surface area contributed by atoms with Crippen LogP contribution in [0.4, 0.5) is 0 Å². The topological polar surface area (TPSA) is 75.4 Å². The van der Waals surface area contributed by atoms with Crippen molar-refractivity contribution in [1.82, 2.24) is 14.2 Å². The molecule has 3 rings (SSSR count). The molecule has 1 aromatic carbocycles. The Kier molecular flexibility index (Phi) is 4.28. The van der Waals surface area contributed by atoms with Gasteiger partial charge in [0.2, 0.25) is 0 Å². The zero-order chi connectivity index (χ0) is 15.6. The lowest BCUT2D eigenvalue weighted by Gasteiger charge is -2.22. The van der Waals surface area contributed by atoms with Crippen LogP contribution in [-0.4, -0.2) is 24.4 Å². The molecular weight excluding hydrogens is 302 g/mol. The Balaban J connectivity index is 1.73. The van der Waals surface area contributed by atoms with Crippen LogP contribution in [0.1, 0.15) is 35.9 Å². The number of nitrogens with zero attached hydrogens (tertiary/aromatic N) is 2. The van der Waals surface area contributed by atoms with E-state index in [4.69, 9.17) is 4.52 Å². The van der Waals surface area contributed by atoms with Crippen LogP contribution >= 0.6 is 0 Å². The Labute approximate surface area is 130 Å². The van der Waals surface area contributed by atoms with Crippen molar-refractivity contribution in [2.24, 2.45) is 0 Å². The standard InChI is InChI=1S/C15H19N3O3S/c1-12-10-15(21-17-12)14-8-5-9-18(14)22(19,20)16-11-13-6-3-2-4-7-13/h2-4,6-7,10,14,16H,5,8-9,11H2,1H3. The first kappa shape index (κ1) is 15.2. The Morgan fingerprint density at radius 1 is 1.36 bits per heavy atom.